The number of nitrogens with two attached hydrogens (primary N) is 1. The minimum absolute atomic E-state index is 0.268. The number of carbonyl (C=O) groups excluding carboxylic acids is 3. The van der Waals surface area contributed by atoms with Crippen LogP contribution in [0.2, 0.25) is 0 Å². The topological polar surface area (TPSA) is 120 Å². The van der Waals surface area contributed by atoms with Crippen LogP contribution in [0.4, 0.5) is 9.80 Å². The van der Waals surface area contributed by atoms with Gasteiger partial charge in [-0.05, 0) is 31.0 Å². The summed E-state index contributed by atoms with van der Waals surface area (Å²) in [6.07, 6.45) is 0.0456. The van der Waals surface area contributed by atoms with Crippen LogP contribution >= 0.6 is 11.3 Å². The van der Waals surface area contributed by atoms with Crippen LogP contribution in [0.3, 0.4) is 0 Å². The average Bonchev–Trinajstić information content (AvgIpc) is 3.09. The van der Waals surface area contributed by atoms with Crippen LogP contribution in [0.1, 0.15) is 27.7 Å². The standard InChI is InChI=1S/C20H23N3O6S/c1-3-28-20(26)23-9-8-12-15(10-23)30-19(17(12)18(21)25)22-16(24)11-29-14-7-5-4-6-13(14)27-2/h4-7H,3,8-11H2,1-2H3,(H2,21,25)(H,22,24). The molecule has 0 aliphatic carbocycles. The molecule has 0 spiro atoms. The molecular formula is C20H23N3O6S. The SMILES string of the molecule is CCOC(=O)N1CCc2c(sc(NC(=O)COc3ccccc3OC)c2C(N)=O)C1. The maximum atomic E-state index is 12.4. The third kappa shape index (κ3) is 4.65. The van der Waals surface area contributed by atoms with Crippen molar-refractivity contribution in [2.75, 3.05) is 32.2 Å². The highest BCUT2D eigenvalue weighted by molar-refractivity contribution is 7.17. The summed E-state index contributed by atoms with van der Waals surface area (Å²) in [6.45, 7) is 2.47. The lowest BCUT2D eigenvalue weighted by Gasteiger charge is -2.26. The molecule has 0 saturated heterocycles. The largest absolute Gasteiger partial charge is 0.493 e. The number of nitrogens with one attached hydrogen (secondary N) is 1. The van der Waals surface area contributed by atoms with Gasteiger partial charge in [0.25, 0.3) is 11.8 Å². The highest BCUT2D eigenvalue weighted by atomic mass is 32.1. The van der Waals surface area contributed by atoms with Gasteiger partial charge in [-0.1, -0.05) is 12.1 Å². The maximum absolute atomic E-state index is 12.4. The highest BCUT2D eigenvalue weighted by Gasteiger charge is 2.30. The van der Waals surface area contributed by atoms with E-state index in [1.807, 2.05) is 0 Å². The lowest BCUT2D eigenvalue weighted by atomic mass is 10.0. The number of methoxy groups -OCH3 is 1. The average molecular weight is 433 g/mol. The first kappa shape index (κ1) is 21.4. The van der Waals surface area contributed by atoms with Crippen LogP contribution in [0, 0.1) is 0 Å². The van der Waals surface area contributed by atoms with Crippen LogP contribution in [0.15, 0.2) is 24.3 Å². The van der Waals surface area contributed by atoms with Crippen LogP contribution < -0.4 is 20.5 Å². The molecule has 2 aromatic rings. The van der Waals surface area contributed by atoms with Crippen LogP contribution in [0.5, 0.6) is 11.5 Å². The fourth-order valence-electron chi connectivity index (χ4n) is 3.17. The van der Waals surface area contributed by atoms with E-state index in [2.05, 4.69) is 5.32 Å². The molecule has 9 nitrogen and oxygen atoms in total. The predicted molar refractivity (Wildman–Crippen MR) is 111 cm³/mol. The molecule has 10 heteroatoms. The predicted octanol–water partition coefficient (Wildman–Crippen LogP) is 2.39. The van der Waals surface area contributed by atoms with Crippen molar-refractivity contribution in [3.63, 3.8) is 0 Å². The molecule has 0 bridgehead atoms. The minimum Gasteiger partial charge on any atom is -0.493 e. The number of thiophene rings is 1. The summed E-state index contributed by atoms with van der Waals surface area (Å²) >= 11 is 1.22. The fourth-order valence-corrected chi connectivity index (χ4v) is 4.45. The van der Waals surface area contributed by atoms with E-state index in [-0.39, 0.29) is 18.8 Å². The van der Waals surface area contributed by atoms with Gasteiger partial charge in [0.1, 0.15) is 5.00 Å². The number of primary amides is 1. The number of anilines is 1. The van der Waals surface area contributed by atoms with E-state index in [0.29, 0.717) is 36.0 Å². The molecule has 30 heavy (non-hydrogen) atoms. The number of rotatable bonds is 7. The van der Waals surface area contributed by atoms with Gasteiger partial charge in [-0.3, -0.25) is 9.59 Å². The Hall–Kier alpha value is -3.27. The zero-order chi connectivity index (χ0) is 21.7. The van der Waals surface area contributed by atoms with Gasteiger partial charge in [0.05, 0.1) is 25.8 Å². The van der Waals surface area contributed by atoms with Gasteiger partial charge in [0, 0.05) is 11.4 Å². The molecule has 0 atom stereocenters. The van der Waals surface area contributed by atoms with Crippen molar-refractivity contribution in [2.45, 2.75) is 19.9 Å². The second-order valence-electron chi connectivity index (χ2n) is 6.43. The van der Waals surface area contributed by atoms with E-state index in [4.69, 9.17) is 19.9 Å². The Bertz CT molecular complexity index is 958. The van der Waals surface area contributed by atoms with E-state index in [0.717, 1.165) is 10.4 Å². The summed E-state index contributed by atoms with van der Waals surface area (Å²) in [5.74, 6) is -0.128. The van der Waals surface area contributed by atoms with E-state index >= 15 is 0 Å². The number of para-hydroxylation sites is 2. The first-order valence-electron chi connectivity index (χ1n) is 9.36. The molecule has 2 heterocycles. The van der Waals surface area contributed by atoms with E-state index in [9.17, 15) is 14.4 Å². The van der Waals surface area contributed by atoms with Crippen molar-refractivity contribution in [2.24, 2.45) is 5.73 Å². The molecule has 3 amide bonds. The normalized spacial score (nSPS) is 12.7. The highest BCUT2D eigenvalue weighted by Crippen LogP contribution is 2.37. The summed E-state index contributed by atoms with van der Waals surface area (Å²) in [5.41, 5.74) is 6.61. The van der Waals surface area contributed by atoms with Crippen molar-refractivity contribution in [1.82, 2.24) is 4.90 Å². The Morgan fingerprint density at radius 3 is 2.63 bits per heavy atom. The molecule has 3 rings (SSSR count). The lowest BCUT2D eigenvalue weighted by Crippen LogP contribution is -2.36. The van der Waals surface area contributed by atoms with E-state index in [1.54, 1.807) is 36.1 Å². The molecule has 1 aromatic heterocycles. The van der Waals surface area contributed by atoms with Crippen molar-refractivity contribution in [3.8, 4) is 11.5 Å². The number of hydrogen-bond acceptors (Lipinski definition) is 7. The molecule has 1 aromatic carbocycles. The Balaban J connectivity index is 1.72. The number of hydrogen-bond donors (Lipinski definition) is 2. The zero-order valence-electron chi connectivity index (χ0n) is 16.7. The summed E-state index contributed by atoms with van der Waals surface area (Å²) in [6, 6.07) is 6.97. The van der Waals surface area contributed by atoms with Crippen LogP contribution in [0.25, 0.3) is 0 Å². The van der Waals surface area contributed by atoms with Crippen molar-refractivity contribution >= 4 is 34.2 Å². The summed E-state index contributed by atoms with van der Waals surface area (Å²) in [5, 5.41) is 3.06. The van der Waals surface area contributed by atoms with Crippen molar-refractivity contribution < 1.29 is 28.6 Å². The van der Waals surface area contributed by atoms with Gasteiger partial charge >= 0.3 is 6.09 Å². The Kier molecular flexibility index (Phi) is 6.78. The maximum Gasteiger partial charge on any atom is 0.410 e. The van der Waals surface area contributed by atoms with Gasteiger partial charge in [-0.2, -0.15) is 0 Å². The number of carbonyl (C=O) groups is 3. The van der Waals surface area contributed by atoms with Gasteiger partial charge in [0.15, 0.2) is 18.1 Å². The summed E-state index contributed by atoms with van der Waals surface area (Å²) in [4.78, 5) is 38.8. The lowest BCUT2D eigenvalue weighted by molar-refractivity contribution is -0.118. The Labute approximate surface area is 177 Å². The molecule has 1 aliphatic heterocycles. The number of nitrogens with zero attached hydrogens (tertiary/aromatic N) is 1. The second kappa shape index (κ2) is 9.49. The van der Waals surface area contributed by atoms with Crippen molar-refractivity contribution in [3.05, 3.63) is 40.3 Å². The smallest absolute Gasteiger partial charge is 0.410 e. The van der Waals surface area contributed by atoms with Crippen LogP contribution in [-0.4, -0.2) is 49.7 Å². The molecule has 0 saturated carbocycles. The monoisotopic (exact) mass is 433 g/mol. The number of fused-ring (bicyclic) bond motifs is 1. The first-order valence-corrected chi connectivity index (χ1v) is 10.2. The van der Waals surface area contributed by atoms with Gasteiger partial charge in [-0.15, -0.1) is 11.3 Å². The van der Waals surface area contributed by atoms with Gasteiger partial charge in [-0.25, -0.2) is 4.79 Å². The Morgan fingerprint density at radius 1 is 1.23 bits per heavy atom. The minimum atomic E-state index is -0.627. The zero-order valence-corrected chi connectivity index (χ0v) is 17.5. The first-order chi connectivity index (χ1) is 14.4. The molecule has 0 radical (unpaired) electrons. The number of ether oxygens (including phenoxy) is 3. The third-order valence-electron chi connectivity index (χ3n) is 4.51. The third-order valence-corrected chi connectivity index (χ3v) is 5.64. The summed E-state index contributed by atoms with van der Waals surface area (Å²) < 4.78 is 15.8. The van der Waals surface area contributed by atoms with E-state index < -0.39 is 17.9 Å². The molecular weight excluding hydrogens is 410 g/mol. The van der Waals surface area contributed by atoms with Gasteiger partial charge < -0.3 is 30.2 Å². The van der Waals surface area contributed by atoms with Crippen molar-refractivity contribution in [1.29, 1.82) is 0 Å². The Morgan fingerprint density at radius 2 is 1.97 bits per heavy atom. The number of benzene rings is 1. The molecule has 160 valence electrons. The quantitative estimate of drug-likeness (QED) is 0.692. The van der Waals surface area contributed by atoms with Gasteiger partial charge in [0.2, 0.25) is 0 Å². The molecule has 0 fully saturated rings. The fraction of sp³-hybridized carbons (Fsp3) is 0.350. The molecule has 1 aliphatic rings. The molecule has 3 N–H and O–H groups in total. The number of amides is 3. The van der Waals surface area contributed by atoms with Crippen LogP contribution in [-0.2, 0) is 22.5 Å². The molecule has 0 unspecified atom stereocenters. The second-order valence-corrected chi connectivity index (χ2v) is 7.54. The summed E-state index contributed by atoms with van der Waals surface area (Å²) in [7, 11) is 1.51. The van der Waals surface area contributed by atoms with E-state index in [1.165, 1.54) is 18.4 Å².